The number of rotatable bonds is 5. The van der Waals surface area contributed by atoms with Gasteiger partial charge in [0.2, 0.25) is 0 Å². The molecule has 2 aliphatic heterocycles. The summed E-state index contributed by atoms with van der Waals surface area (Å²) in [5.41, 5.74) is 5.69. The molecule has 2 N–H and O–H groups in total. The molecular formula is C21H26N2O3. The van der Waals surface area contributed by atoms with E-state index in [0.717, 1.165) is 38.9 Å². The largest absolute Gasteiger partial charge is 0.392 e. The van der Waals surface area contributed by atoms with Crippen LogP contribution in [0.1, 0.15) is 30.7 Å². The molecule has 1 aromatic heterocycles. The first kappa shape index (κ1) is 18.6. The molecule has 0 radical (unpaired) electrons. The first-order valence-corrected chi connectivity index (χ1v) is 8.82. The van der Waals surface area contributed by atoms with Crippen molar-refractivity contribution >= 4 is 18.4 Å². The van der Waals surface area contributed by atoms with E-state index in [-0.39, 0.29) is 6.61 Å². The molecule has 138 valence electrons. The number of hydrogen-bond acceptors (Lipinski definition) is 5. The molecule has 0 spiro atoms. The quantitative estimate of drug-likeness (QED) is 0.820. The molecule has 0 fully saturated rings. The normalized spacial score (nSPS) is 18.4. The van der Waals surface area contributed by atoms with Gasteiger partial charge in [-0.25, -0.2) is 4.98 Å². The highest BCUT2D eigenvalue weighted by molar-refractivity contribution is 5.74. The van der Waals surface area contributed by atoms with E-state index < -0.39 is 6.10 Å². The molecule has 0 saturated carbocycles. The van der Waals surface area contributed by atoms with Crippen molar-refractivity contribution in [3.63, 3.8) is 0 Å². The molecular weight excluding hydrogens is 328 g/mol. The molecule has 0 aliphatic carbocycles. The molecule has 0 amide bonds. The van der Waals surface area contributed by atoms with E-state index in [4.69, 9.17) is 9.72 Å². The third-order valence-corrected chi connectivity index (χ3v) is 4.93. The Balaban J connectivity index is 2.19. The van der Waals surface area contributed by atoms with Crippen LogP contribution in [-0.2, 0) is 17.9 Å². The molecule has 5 heteroatoms. The van der Waals surface area contributed by atoms with Crippen LogP contribution in [0.3, 0.4) is 0 Å². The molecule has 3 heterocycles. The highest BCUT2D eigenvalue weighted by atomic mass is 16.5. The van der Waals surface area contributed by atoms with Crippen LogP contribution in [0.15, 0.2) is 29.4 Å². The molecule has 0 saturated heterocycles. The third-order valence-electron chi connectivity index (χ3n) is 4.93. The molecule has 1 aromatic rings. The van der Waals surface area contributed by atoms with Gasteiger partial charge in [0, 0.05) is 31.0 Å². The summed E-state index contributed by atoms with van der Waals surface area (Å²) in [6.07, 6.45) is 7.25. The van der Waals surface area contributed by atoms with Gasteiger partial charge >= 0.3 is 0 Å². The van der Waals surface area contributed by atoms with Crippen molar-refractivity contribution in [1.82, 2.24) is 9.88 Å². The maximum absolute atomic E-state index is 10.2. The highest BCUT2D eigenvalue weighted by Gasteiger charge is 2.32. The number of hydrogen-bond donors (Lipinski definition) is 2. The van der Waals surface area contributed by atoms with Crippen LogP contribution in [0.25, 0.3) is 18.4 Å². The van der Waals surface area contributed by atoms with Crippen LogP contribution in [0.2, 0.25) is 0 Å². The van der Waals surface area contributed by atoms with Crippen molar-refractivity contribution in [3.05, 3.63) is 56.8 Å². The van der Waals surface area contributed by atoms with Crippen LogP contribution in [0.5, 0.6) is 0 Å². The van der Waals surface area contributed by atoms with Gasteiger partial charge in [-0.1, -0.05) is 24.8 Å². The fraction of sp³-hybridized carbons (Fsp3) is 0.381. The SMILES string of the molecule is C=c1nc2c(c(CO)/c1=C/C=C\C)CN1CC(COC)=C(C(C)O)C=C21. The highest BCUT2D eigenvalue weighted by Crippen LogP contribution is 2.37. The summed E-state index contributed by atoms with van der Waals surface area (Å²) >= 11 is 0. The standard InChI is InChI=1S/C21H26N2O3/c1-5-6-7-16-13(2)22-21-18(19(16)11-24)10-23-9-15(12-26-4)17(14(3)25)8-20(21)23/h5-8,14,24-25H,2,9-12H2,1,3-4H3/b6-5-,16-7+. The molecule has 5 nitrogen and oxygen atoms in total. The van der Waals surface area contributed by atoms with Gasteiger partial charge in [0.05, 0.1) is 36.1 Å². The Bertz CT molecular complexity index is 910. The predicted molar refractivity (Wildman–Crippen MR) is 103 cm³/mol. The summed E-state index contributed by atoms with van der Waals surface area (Å²) < 4.78 is 5.31. The van der Waals surface area contributed by atoms with Gasteiger partial charge in [0.1, 0.15) is 0 Å². The second kappa shape index (κ2) is 7.58. The molecule has 1 unspecified atom stereocenters. The van der Waals surface area contributed by atoms with Crippen molar-refractivity contribution < 1.29 is 14.9 Å². The Hall–Kier alpha value is -2.21. The molecule has 26 heavy (non-hydrogen) atoms. The number of methoxy groups -OCH3 is 1. The van der Waals surface area contributed by atoms with E-state index in [1.54, 1.807) is 14.0 Å². The Morgan fingerprint density at radius 3 is 2.81 bits per heavy atom. The second-order valence-electron chi connectivity index (χ2n) is 6.68. The van der Waals surface area contributed by atoms with Gasteiger partial charge in [-0.15, -0.1) is 0 Å². The number of allylic oxidation sites excluding steroid dienone is 2. The van der Waals surface area contributed by atoms with Crippen LogP contribution in [-0.4, -0.2) is 46.5 Å². The number of ether oxygens (including phenoxy) is 1. The first-order valence-electron chi connectivity index (χ1n) is 8.82. The van der Waals surface area contributed by atoms with E-state index in [0.29, 0.717) is 25.0 Å². The van der Waals surface area contributed by atoms with Crippen molar-refractivity contribution in [2.45, 2.75) is 33.1 Å². The van der Waals surface area contributed by atoms with E-state index in [1.165, 1.54) is 0 Å². The molecule has 0 aromatic carbocycles. The van der Waals surface area contributed by atoms with E-state index in [1.807, 2.05) is 31.2 Å². The zero-order valence-corrected chi connectivity index (χ0v) is 15.6. The smallest absolute Gasteiger partial charge is 0.0924 e. The van der Waals surface area contributed by atoms with Crippen LogP contribution < -0.4 is 10.6 Å². The number of nitrogens with zero attached hydrogens (tertiary/aromatic N) is 2. The van der Waals surface area contributed by atoms with Crippen LogP contribution in [0.4, 0.5) is 0 Å². The number of aliphatic hydroxyl groups excluding tert-OH is 2. The maximum atomic E-state index is 10.2. The van der Waals surface area contributed by atoms with E-state index >= 15 is 0 Å². The molecule has 0 bridgehead atoms. The first-order chi connectivity index (χ1) is 12.5. The summed E-state index contributed by atoms with van der Waals surface area (Å²) in [7, 11) is 1.66. The lowest BCUT2D eigenvalue weighted by molar-refractivity contribution is 0.204. The monoisotopic (exact) mass is 354 g/mol. The third kappa shape index (κ3) is 3.14. The number of pyridine rings is 1. The zero-order valence-electron chi connectivity index (χ0n) is 15.6. The Morgan fingerprint density at radius 1 is 1.42 bits per heavy atom. The lowest BCUT2D eigenvalue weighted by atomic mass is 9.98. The Kier molecular flexibility index (Phi) is 5.41. The predicted octanol–water partition coefficient (Wildman–Crippen LogP) is 0.835. The summed E-state index contributed by atoms with van der Waals surface area (Å²) in [6, 6.07) is 0. The van der Waals surface area contributed by atoms with E-state index in [9.17, 15) is 10.2 Å². The van der Waals surface area contributed by atoms with Crippen molar-refractivity contribution in [3.8, 4) is 0 Å². The van der Waals surface area contributed by atoms with Gasteiger partial charge in [-0.05, 0) is 36.6 Å². The van der Waals surface area contributed by atoms with Crippen LogP contribution in [0, 0.1) is 0 Å². The fourth-order valence-corrected chi connectivity index (χ4v) is 3.71. The summed E-state index contributed by atoms with van der Waals surface area (Å²) in [4.78, 5) is 6.95. The average Bonchev–Trinajstić information content (AvgIpc) is 2.96. The zero-order chi connectivity index (χ0) is 18.8. The fourth-order valence-electron chi connectivity index (χ4n) is 3.71. The number of fused-ring (bicyclic) bond motifs is 3. The lowest BCUT2D eigenvalue weighted by Crippen LogP contribution is -2.32. The summed E-state index contributed by atoms with van der Waals surface area (Å²) in [5.74, 6) is 0. The van der Waals surface area contributed by atoms with Gasteiger partial charge in [-0.3, -0.25) is 0 Å². The Labute approximate surface area is 153 Å². The van der Waals surface area contributed by atoms with E-state index in [2.05, 4.69) is 11.5 Å². The molecule has 2 aliphatic rings. The minimum atomic E-state index is -0.572. The average molecular weight is 354 g/mol. The minimum Gasteiger partial charge on any atom is -0.392 e. The minimum absolute atomic E-state index is 0.0561. The second-order valence-corrected chi connectivity index (χ2v) is 6.68. The van der Waals surface area contributed by atoms with Crippen molar-refractivity contribution in [2.75, 3.05) is 20.3 Å². The maximum Gasteiger partial charge on any atom is 0.0924 e. The van der Waals surface area contributed by atoms with Gasteiger partial charge in [0.25, 0.3) is 0 Å². The lowest BCUT2D eigenvalue weighted by Gasteiger charge is -2.29. The summed E-state index contributed by atoms with van der Waals surface area (Å²) in [6.45, 7) is 9.59. The topological polar surface area (TPSA) is 65.8 Å². The number of aliphatic hydroxyl groups is 2. The van der Waals surface area contributed by atoms with Gasteiger partial charge in [-0.2, -0.15) is 0 Å². The number of aromatic nitrogens is 1. The Morgan fingerprint density at radius 2 is 2.19 bits per heavy atom. The van der Waals surface area contributed by atoms with Crippen molar-refractivity contribution in [2.24, 2.45) is 0 Å². The summed E-state index contributed by atoms with van der Waals surface area (Å²) in [5, 5.41) is 21.7. The molecule has 1 atom stereocenters. The van der Waals surface area contributed by atoms with Gasteiger partial charge in [0.15, 0.2) is 0 Å². The molecule has 3 rings (SSSR count). The van der Waals surface area contributed by atoms with Gasteiger partial charge < -0.3 is 19.8 Å². The van der Waals surface area contributed by atoms with Crippen molar-refractivity contribution in [1.29, 1.82) is 0 Å². The van der Waals surface area contributed by atoms with Crippen LogP contribution >= 0.6 is 0 Å².